The second-order valence-corrected chi connectivity index (χ2v) is 14.5. The number of para-hydroxylation sites is 2. The van der Waals surface area contributed by atoms with Crippen LogP contribution >= 0.6 is 0 Å². The van der Waals surface area contributed by atoms with Crippen LogP contribution in [-0.2, 0) is 0 Å². The predicted molar refractivity (Wildman–Crippen MR) is 241 cm³/mol. The minimum Gasteiger partial charge on any atom is -0.360 e. The summed E-state index contributed by atoms with van der Waals surface area (Å²) in [4.78, 5) is 7.24. The molecule has 1 N–H and O–H groups in total. The van der Waals surface area contributed by atoms with E-state index in [0.29, 0.717) is 6.54 Å². The SMILES string of the molecule is C=C1/C=C\C=C/CN(c2cccc(C3N=CC=C(c4ccc(-c5ccccc5)cc4)N3)c2)c2ccc(-c3ccc4c(c3)c3ccccc3n4-c3ccccc3)cc21. The van der Waals surface area contributed by atoms with Crippen LogP contribution < -0.4 is 10.2 Å². The van der Waals surface area contributed by atoms with Crippen molar-refractivity contribution in [2.75, 3.05) is 11.4 Å². The summed E-state index contributed by atoms with van der Waals surface area (Å²) < 4.78 is 2.36. The van der Waals surface area contributed by atoms with Crippen molar-refractivity contribution in [1.82, 2.24) is 9.88 Å². The van der Waals surface area contributed by atoms with Crippen LogP contribution in [0.25, 0.3) is 61.0 Å². The van der Waals surface area contributed by atoms with Crippen molar-refractivity contribution in [2.24, 2.45) is 4.99 Å². The van der Waals surface area contributed by atoms with Gasteiger partial charge in [-0.05, 0) is 99.6 Å². The van der Waals surface area contributed by atoms with E-state index in [4.69, 9.17) is 4.99 Å². The highest BCUT2D eigenvalue weighted by Crippen LogP contribution is 2.40. The summed E-state index contributed by atoms with van der Waals surface area (Å²) in [5.41, 5.74) is 15.8. The Morgan fingerprint density at radius 3 is 2.11 bits per heavy atom. The van der Waals surface area contributed by atoms with Gasteiger partial charge >= 0.3 is 0 Å². The Kier molecular flexibility index (Phi) is 8.77. The van der Waals surface area contributed by atoms with Crippen LogP contribution in [0, 0.1) is 0 Å². The molecule has 1 unspecified atom stereocenters. The molecule has 4 heteroatoms. The first-order valence-electron chi connectivity index (χ1n) is 19.5. The van der Waals surface area contributed by atoms with Gasteiger partial charge in [-0.25, -0.2) is 0 Å². The quantitative estimate of drug-likeness (QED) is 0.185. The summed E-state index contributed by atoms with van der Waals surface area (Å²) in [6.07, 6.45) is 12.3. The highest BCUT2D eigenvalue weighted by Gasteiger charge is 2.20. The van der Waals surface area contributed by atoms with Crippen molar-refractivity contribution in [2.45, 2.75) is 6.17 Å². The number of nitrogens with one attached hydrogen (secondary N) is 1. The molecule has 3 heterocycles. The van der Waals surface area contributed by atoms with Crippen molar-refractivity contribution in [3.63, 3.8) is 0 Å². The average Bonchev–Trinajstić information content (AvgIpc) is 3.65. The van der Waals surface area contributed by atoms with Crippen molar-refractivity contribution < 1.29 is 0 Å². The number of fused-ring (bicyclic) bond motifs is 4. The van der Waals surface area contributed by atoms with Crippen LogP contribution in [-0.4, -0.2) is 17.3 Å². The van der Waals surface area contributed by atoms with E-state index in [1.165, 1.54) is 38.5 Å². The number of rotatable bonds is 6. The van der Waals surface area contributed by atoms with Gasteiger partial charge in [0.1, 0.15) is 6.17 Å². The van der Waals surface area contributed by atoms with E-state index in [1.54, 1.807) is 0 Å². The zero-order valence-corrected chi connectivity index (χ0v) is 31.5. The first-order chi connectivity index (χ1) is 28.2. The molecule has 0 saturated carbocycles. The second kappa shape index (κ2) is 14.7. The number of allylic oxidation sites excluding steroid dienone is 5. The van der Waals surface area contributed by atoms with E-state index < -0.39 is 0 Å². The largest absolute Gasteiger partial charge is 0.360 e. The van der Waals surface area contributed by atoms with E-state index in [1.807, 2.05) is 12.3 Å². The van der Waals surface area contributed by atoms with E-state index in [2.05, 4.69) is 216 Å². The van der Waals surface area contributed by atoms with Crippen molar-refractivity contribution in [1.29, 1.82) is 0 Å². The normalized spacial score (nSPS) is 16.3. The Labute approximate surface area is 333 Å². The molecule has 2 aliphatic heterocycles. The molecular formula is C53H40N4. The molecule has 7 aromatic carbocycles. The molecule has 0 radical (unpaired) electrons. The molecule has 2 aliphatic rings. The summed E-state index contributed by atoms with van der Waals surface area (Å²) in [5, 5.41) is 6.17. The average molecular weight is 733 g/mol. The lowest BCUT2D eigenvalue weighted by Crippen LogP contribution is -2.22. The number of hydrogen-bond acceptors (Lipinski definition) is 3. The standard InChI is InChI=1S/C53H40N4/c1-37-14-5-4-12-33-56(45-20-13-17-43(34-45)53-54-32-31-49(55-53)40-25-23-39(24-26-40)38-15-6-2-7-16-38)50-29-27-41(35-47(37)50)42-28-30-52-48(36-42)46-21-10-11-22-51(46)57(52)44-18-8-3-9-19-44/h2-32,34-36,53,55H,1,33H2/b12-4-,14-5-. The van der Waals surface area contributed by atoms with Gasteiger partial charge in [-0.2, -0.15) is 0 Å². The number of benzene rings is 7. The molecule has 0 bridgehead atoms. The van der Waals surface area contributed by atoms with Gasteiger partial charge in [-0.15, -0.1) is 0 Å². The van der Waals surface area contributed by atoms with Crippen molar-refractivity contribution in [3.05, 3.63) is 224 Å². The lowest BCUT2D eigenvalue weighted by Gasteiger charge is -2.28. The van der Waals surface area contributed by atoms with Gasteiger partial charge in [0.2, 0.25) is 0 Å². The highest BCUT2D eigenvalue weighted by atomic mass is 15.1. The van der Waals surface area contributed by atoms with Crippen LogP contribution in [0.15, 0.2) is 212 Å². The van der Waals surface area contributed by atoms with Gasteiger partial charge in [0.25, 0.3) is 0 Å². The van der Waals surface area contributed by atoms with Crippen LogP contribution in [0.3, 0.4) is 0 Å². The lowest BCUT2D eigenvalue weighted by atomic mass is 9.96. The monoisotopic (exact) mass is 732 g/mol. The molecule has 0 fully saturated rings. The van der Waals surface area contributed by atoms with Gasteiger partial charge in [0.05, 0.1) is 11.0 Å². The zero-order chi connectivity index (χ0) is 38.1. The van der Waals surface area contributed by atoms with E-state index >= 15 is 0 Å². The maximum Gasteiger partial charge on any atom is 0.144 e. The Bertz CT molecular complexity index is 2910. The molecule has 1 aromatic heterocycles. The maximum atomic E-state index is 4.87. The second-order valence-electron chi connectivity index (χ2n) is 14.5. The molecule has 0 spiro atoms. The smallest absolute Gasteiger partial charge is 0.144 e. The first kappa shape index (κ1) is 34.1. The van der Waals surface area contributed by atoms with E-state index in [-0.39, 0.29) is 6.17 Å². The third-order valence-corrected chi connectivity index (χ3v) is 11.1. The third-order valence-electron chi connectivity index (χ3n) is 11.1. The van der Waals surface area contributed by atoms with Crippen LogP contribution in [0.4, 0.5) is 11.4 Å². The molecule has 0 saturated heterocycles. The van der Waals surface area contributed by atoms with Gasteiger partial charge in [-0.3, -0.25) is 4.99 Å². The van der Waals surface area contributed by atoms with Gasteiger partial charge in [0.15, 0.2) is 0 Å². The zero-order valence-electron chi connectivity index (χ0n) is 31.5. The van der Waals surface area contributed by atoms with E-state index in [9.17, 15) is 0 Å². The number of hydrogen-bond donors (Lipinski definition) is 1. The summed E-state index contributed by atoms with van der Waals surface area (Å²) in [5.74, 6) is 0. The Morgan fingerprint density at radius 2 is 1.25 bits per heavy atom. The Balaban J connectivity index is 0.974. The summed E-state index contributed by atoms with van der Waals surface area (Å²) in [6.45, 7) is 5.26. The lowest BCUT2D eigenvalue weighted by molar-refractivity contribution is 0.667. The number of aliphatic imine (C=N–C) groups is 1. The molecule has 10 rings (SSSR count). The van der Waals surface area contributed by atoms with E-state index in [0.717, 1.165) is 50.6 Å². The third kappa shape index (κ3) is 6.47. The predicted octanol–water partition coefficient (Wildman–Crippen LogP) is 13.1. The minimum atomic E-state index is -0.215. The molecule has 0 amide bonds. The summed E-state index contributed by atoms with van der Waals surface area (Å²) >= 11 is 0. The molecule has 57 heavy (non-hydrogen) atoms. The van der Waals surface area contributed by atoms with Gasteiger partial charge in [-0.1, -0.05) is 146 Å². The van der Waals surface area contributed by atoms with Crippen molar-refractivity contribution in [3.8, 4) is 27.9 Å². The maximum absolute atomic E-state index is 4.87. The van der Waals surface area contributed by atoms with Gasteiger partial charge in [0, 0.05) is 51.9 Å². The van der Waals surface area contributed by atoms with Crippen LogP contribution in [0.2, 0.25) is 0 Å². The molecular weight excluding hydrogens is 693 g/mol. The highest BCUT2D eigenvalue weighted by molar-refractivity contribution is 6.10. The first-order valence-corrected chi connectivity index (χ1v) is 19.5. The fourth-order valence-electron chi connectivity index (χ4n) is 8.19. The Hall–Kier alpha value is -7.43. The molecule has 0 aliphatic carbocycles. The minimum absolute atomic E-state index is 0.215. The Morgan fingerprint density at radius 1 is 0.561 bits per heavy atom. The molecule has 1 atom stereocenters. The molecule has 4 nitrogen and oxygen atoms in total. The van der Waals surface area contributed by atoms with Crippen molar-refractivity contribution >= 4 is 50.7 Å². The topological polar surface area (TPSA) is 32.6 Å². The summed E-state index contributed by atoms with van der Waals surface area (Å²) in [7, 11) is 0. The fourth-order valence-corrected chi connectivity index (χ4v) is 8.19. The molecule has 8 aromatic rings. The molecule has 272 valence electrons. The summed E-state index contributed by atoms with van der Waals surface area (Å²) in [6, 6.07) is 60.9. The van der Waals surface area contributed by atoms with Crippen LogP contribution in [0.1, 0.15) is 22.9 Å². The van der Waals surface area contributed by atoms with Crippen LogP contribution in [0.5, 0.6) is 0 Å². The fraction of sp³-hybridized carbons (Fsp3) is 0.0377. The number of nitrogens with zero attached hydrogens (tertiary/aromatic N) is 3. The number of anilines is 2. The van der Waals surface area contributed by atoms with Gasteiger partial charge < -0.3 is 14.8 Å². The number of aromatic nitrogens is 1.